The van der Waals surface area contributed by atoms with Crippen LogP contribution in [0.1, 0.15) is 0 Å². The van der Waals surface area contributed by atoms with Crippen molar-refractivity contribution in [1.29, 1.82) is 0 Å². The summed E-state index contributed by atoms with van der Waals surface area (Å²) in [5.41, 5.74) is 2.07. The molecule has 7 heteroatoms. The Morgan fingerprint density at radius 3 is 2.57 bits per heavy atom. The standard InChI is InChI=1S/C16H12N6O/c23-15-13(11-8-4-5-9-12(11)17-15)19-21-16-18-14(20-22-16)10-6-2-1-3-7-10/h1-9,17,23H,(H,18,20,22). The molecular formula is C16H12N6O. The van der Waals surface area contributed by atoms with E-state index >= 15 is 0 Å². The number of hydrogen-bond acceptors (Lipinski definition) is 5. The van der Waals surface area contributed by atoms with Gasteiger partial charge in [0.05, 0.1) is 5.52 Å². The van der Waals surface area contributed by atoms with Gasteiger partial charge in [-0.05, 0) is 6.07 Å². The van der Waals surface area contributed by atoms with E-state index in [9.17, 15) is 5.11 Å². The van der Waals surface area contributed by atoms with Gasteiger partial charge in [0.2, 0.25) is 5.88 Å². The molecular weight excluding hydrogens is 292 g/mol. The average Bonchev–Trinajstić information content (AvgIpc) is 3.18. The van der Waals surface area contributed by atoms with Gasteiger partial charge >= 0.3 is 0 Å². The topological polar surface area (TPSA) is 102 Å². The molecule has 112 valence electrons. The van der Waals surface area contributed by atoms with Crippen molar-refractivity contribution in [3.05, 3.63) is 54.6 Å². The lowest BCUT2D eigenvalue weighted by Crippen LogP contribution is -1.78. The van der Waals surface area contributed by atoms with E-state index in [4.69, 9.17) is 0 Å². The molecule has 0 saturated heterocycles. The van der Waals surface area contributed by atoms with Gasteiger partial charge in [0.15, 0.2) is 11.5 Å². The fourth-order valence-electron chi connectivity index (χ4n) is 2.33. The minimum absolute atomic E-state index is 0.0335. The van der Waals surface area contributed by atoms with Gasteiger partial charge in [-0.2, -0.15) is 4.98 Å². The zero-order chi connectivity index (χ0) is 15.6. The van der Waals surface area contributed by atoms with E-state index < -0.39 is 0 Å². The maximum Gasteiger partial charge on any atom is 0.287 e. The van der Waals surface area contributed by atoms with Crippen molar-refractivity contribution in [1.82, 2.24) is 20.2 Å². The number of aromatic hydroxyl groups is 1. The number of aromatic nitrogens is 4. The number of benzene rings is 2. The molecule has 0 saturated carbocycles. The molecule has 0 spiro atoms. The number of azo groups is 1. The number of nitrogens with one attached hydrogen (secondary N) is 2. The molecule has 0 aliphatic heterocycles. The van der Waals surface area contributed by atoms with Crippen LogP contribution >= 0.6 is 0 Å². The van der Waals surface area contributed by atoms with Crippen LogP contribution in [0.3, 0.4) is 0 Å². The molecule has 23 heavy (non-hydrogen) atoms. The maximum atomic E-state index is 9.94. The molecule has 2 aromatic carbocycles. The third kappa shape index (κ3) is 2.44. The maximum absolute atomic E-state index is 9.94. The molecule has 0 atom stereocenters. The Kier molecular flexibility index (Phi) is 3.09. The molecule has 0 amide bonds. The molecule has 0 aliphatic rings. The molecule has 2 heterocycles. The van der Waals surface area contributed by atoms with E-state index in [2.05, 4.69) is 30.4 Å². The summed E-state index contributed by atoms with van der Waals surface area (Å²) in [7, 11) is 0. The number of aromatic amines is 2. The van der Waals surface area contributed by atoms with Crippen molar-refractivity contribution in [2.75, 3.05) is 0 Å². The Balaban J connectivity index is 1.66. The molecule has 0 bridgehead atoms. The van der Waals surface area contributed by atoms with E-state index in [-0.39, 0.29) is 11.8 Å². The molecule has 2 aromatic heterocycles. The zero-order valence-electron chi connectivity index (χ0n) is 11.9. The molecule has 0 fully saturated rings. The first kappa shape index (κ1) is 13.2. The number of nitrogens with zero attached hydrogens (tertiary/aromatic N) is 4. The normalized spacial score (nSPS) is 11.5. The quantitative estimate of drug-likeness (QED) is 0.497. The molecule has 4 aromatic rings. The largest absolute Gasteiger partial charge is 0.493 e. The second-order valence-electron chi connectivity index (χ2n) is 4.92. The summed E-state index contributed by atoms with van der Waals surface area (Å²) in [4.78, 5) is 7.12. The smallest absolute Gasteiger partial charge is 0.287 e. The lowest BCUT2D eigenvalue weighted by Gasteiger charge is -1.92. The first-order valence-electron chi connectivity index (χ1n) is 7.00. The summed E-state index contributed by atoms with van der Waals surface area (Å²) in [5.74, 6) is 0.782. The van der Waals surface area contributed by atoms with Crippen LogP contribution in [0.2, 0.25) is 0 Å². The molecule has 4 rings (SSSR count). The molecule has 0 unspecified atom stereocenters. The van der Waals surface area contributed by atoms with E-state index in [1.807, 2.05) is 54.6 Å². The predicted molar refractivity (Wildman–Crippen MR) is 86.0 cm³/mol. The average molecular weight is 304 g/mol. The summed E-state index contributed by atoms with van der Waals surface area (Å²) < 4.78 is 0. The van der Waals surface area contributed by atoms with Crippen molar-refractivity contribution < 1.29 is 5.11 Å². The monoisotopic (exact) mass is 304 g/mol. The number of rotatable bonds is 3. The van der Waals surface area contributed by atoms with Gasteiger partial charge in [0.25, 0.3) is 5.95 Å². The van der Waals surface area contributed by atoms with Crippen molar-refractivity contribution in [3.63, 3.8) is 0 Å². The predicted octanol–water partition coefficient (Wildman–Crippen LogP) is 4.07. The van der Waals surface area contributed by atoms with Gasteiger partial charge in [-0.25, -0.2) is 0 Å². The summed E-state index contributed by atoms with van der Waals surface area (Å²) in [6.45, 7) is 0. The molecule has 0 radical (unpaired) electrons. The summed E-state index contributed by atoms with van der Waals surface area (Å²) >= 11 is 0. The first-order valence-corrected chi connectivity index (χ1v) is 7.00. The highest BCUT2D eigenvalue weighted by molar-refractivity contribution is 5.94. The second-order valence-corrected chi connectivity index (χ2v) is 4.92. The minimum atomic E-state index is -0.0335. The van der Waals surface area contributed by atoms with Gasteiger partial charge < -0.3 is 10.1 Å². The number of fused-ring (bicyclic) bond motifs is 1. The Morgan fingerprint density at radius 1 is 0.913 bits per heavy atom. The highest BCUT2D eigenvalue weighted by Gasteiger charge is 2.10. The van der Waals surface area contributed by atoms with Crippen LogP contribution in [-0.2, 0) is 0 Å². The Hall–Kier alpha value is -3.48. The summed E-state index contributed by atoms with van der Waals surface area (Å²) in [5, 5.41) is 25.6. The van der Waals surface area contributed by atoms with Crippen molar-refractivity contribution in [2.24, 2.45) is 10.2 Å². The molecule has 7 nitrogen and oxygen atoms in total. The van der Waals surface area contributed by atoms with E-state index in [0.29, 0.717) is 11.5 Å². The van der Waals surface area contributed by atoms with Gasteiger partial charge in [-0.1, -0.05) is 48.5 Å². The van der Waals surface area contributed by atoms with Crippen LogP contribution in [0.25, 0.3) is 22.3 Å². The number of H-pyrrole nitrogens is 2. The Labute approximate surface area is 130 Å². The summed E-state index contributed by atoms with van der Waals surface area (Å²) in [6, 6.07) is 17.1. The van der Waals surface area contributed by atoms with E-state index in [0.717, 1.165) is 16.5 Å². The number of hydrogen-bond donors (Lipinski definition) is 3. The Morgan fingerprint density at radius 2 is 1.70 bits per heavy atom. The lowest BCUT2D eigenvalue weighted by molar-refractivity contribution is 0.459. The fourth-order valence-corrected chi connectivity index (χ4v) is 2.33. The van der Waals surface area contributed by atoms with Gasteiger partial charge in [0.1, 0.15) is 0 Å². The van der Waals surface area contributed by atoms with Crippen LogP contribution in [0.4, 0.5) is 11.6 Å². The highest BCUT2D eigenvalue weighted by atomic mass is 16.3. The van der Waals surface area contributed by atoms with Crippen LogP contribution in [0.15, 0.2) is 64.8 Å². The third-order valence-electron chi connectivity index (χ3n) is 3.42. The van der Waals surface area contributed by atoms with Gasteiger partial charge in [-0.15, -0.1) is 15.3 Å². The van der Waals surface area contributed by atoms with Crippen molar-refractivity contribution in [2.45, 2.75) is 0 Å². The van der Waals surface area contributed by atoms with Crippen LogP contribution < -0.4 is 0 Å². The third-order valence-corrected chi connectivity index (χ3v) is 3.42. The van der Waals surface area contributed by atoms with E-state index in [1.54, 1.807) is 0 Å². The minimum Gasteiger partial charge on any atom is -0.493 e. The van der Waals surface area contributed by atoms with Crippen molar-refractivity contribution >= 4 is 22.5 Å². The van der Waals surface area contributed by atoms with Crippen molar-refractivity contribution in [3.8, 4) is 17.3 Å². The lowest BCUT2D eigenvalue weighted by atomic mass is 10.2. The number of para-hydroxylation sites is 1. The van der Waals surface area contributed by atoms with Crippen LogP contribution in [0.5, 0.6) is 5.88 Å². The van der Waals surface area contributed by atoms with Crippen LogP contribution in [0, 0.1) is 0 Å². The van der Waals surface area contributed by atoms with Gasteiger partial charge in [0, 0.05) is 10.9 Å². The Bertz CT molecular complexity index is 986. The SMILES string of the molecule is Oc1[nH]c2ccccc2c1N=Nc1n[nH]c(-c2ccccc2)n1. The van der Waals surface area contributed by atoms with Gasteiger partial charge in [-0.3, -0.25) is 5.10 Å². The highest BCUT2D eigenvalue weighted by Crippen LogP contribution is 2.35. The van der Waals surface area contributed by atoms with E-state index in [1.165, 1.54) is 0 Å². The fraction of sp³-hybridized carbons (Fsp3) is 0. The molecule has 0 aliphatic carbocycles. The summed E-state index contributed by atoms with van der Waals surface area (Å²) in [6.07, 6.45) is 0. The first-order chi connectivity index (χ1) is 11.3. The van der Waals surface area contributed by atoms with Crippen LogP contribution in [-0.4, -0.2) is 25.3 Å². The molecule has 3 N–H and O–H groups in total. The second kappa shape index (κ2) is 5.38. The zero-order valence-corrected chi connectivity index (χ0v) is 11.9.